The number of hydrogen-bond donors (Lipinski definition) is 2. The SMILES string of the molecule is CC(C)(C)OC(=O)N1CC2(CCN(c3ccc(Nc4ncc(Cl)c(Nc5ccccc5P(C)(C)=O)n4)cc3[N+](=O)[O-])CC2)C1. The first-order chi connectivity index (χ1) is 20.6. The molecule has 3 aromatic rings. The zero-order valence-corrected chi connectivity index (χ0v) is 27.1. The van der Waals surface area contributed by atoms with E-state index in [4.69, 9.17) is 16.3 Å². The second-order valence-electron chi connectivity index (χ2n) is 12.8. The highest BCUT2D eigenvalue weighted by Gasteiger charge is 2.48. The van der Waals surface area contributed by atoms with E-state index in [1.807, 2.05) is 37.8 Å². The smallest absolute Gasteiger partial charge is 0.410 e. The molecule has 2 aliphatic heterocycles. The predicted octanol–water partition coefficient (Wildman–Crippen LogP) is 6.61. The molecule has 234 valence electrons. The number of nitro benzene ring substituents is 1. The van der Waals surface area contributed by atoms with Crippen molar-refractivity contribution in [2.24, 2.45) is 5.41 Å². The summed E-state index contributed by atoms with van der Waals surface area (Å²) in [6.07, 6.45) is 2.78. The third-order valence-corrected chi connectivity index (χ3v) is 9.61. The van der Waals surface area contributed by atoms with Crippen LogP contribution in [0.1, 0.15) is 33.6 Å². The number of ether oxygens (including phenoxy) is 1. The fourth-order valence-corrected chi connectivity index (χ4v) is 6.89. The third-order valence-electron chi connectivity index (χ3n) is 7.78. The van der Waals surface area contributed by atoms with Crippen LogP contribution >= 0.6 is 18.7 Å². The van der Waals surface area contributed by atoms with Crippen LogP contribution in [-0.2, 0) is 9.30 Å². The highest BCUT2D eigenvalue weighted by atomic mass is 35.5. The molecule has 0 atom stereocenters. The van der Waals surface area contributed by atoms with Gasteiger partial charge in [-0.15, -0.1) is 0 Å². The van der Waals surface area contributed by atoms with Crippen LogP contribution in [-0.4, -0.2) is 71.0 Å². The van der Waals surface area contributed by atoms with Gasteiger partial charge in [0.1, 0.15) is 23.5 Å². The fraction of sp³-hybridized carbons (Fsp3) is 0.433. The number of aromatic nitrogens is 2. The van der Waals surface area contributed by atoms with E-state index in [1.165, 1.54) is 12.3 Å². The molecule has 2 aliphatic rings. The topological polar surface area (TPSA) is 143 Å². The average molecular weight is 642 g/mol. The minimum Gasteiger partial charge on any atom is -0.444 e. The molecule has 0 saturated carbocycles. The van der Waals surface area contributed by atoms with Gasteiger partial charge < -0.3 is 29.7 Å². The van der Waals surface area contributed by atoms with Crippen molar-refractivity contribution in [2.45, 2.75) is 39.2 Å². The number of anilines is 5. The van der Waals surface area contributed by atoms with Gasteiger partial charge in [-0.2, -0.15) is 4.98 Å². The molecule has 0 aliphatic carbocycles. The van der Waals surface area contributed by atoms with Gasteiger partial charge in [-0.05, 0) is 71.2 Å². The Kier molecular flexibility index (Phi) is 8.52. The molecule has 44 heavy (non-hydrogen) atoms. The van der Waals surface area contributed by atoms with Gasteiger partial charge in [0.25, 0.3) is 5.69 Å². The monoisotopic (exact) mass is 641 g/mol. The second kappa shape index (κ2) is 11.9. The quantitative estimate of drug-likeness (QED) is 0.164. The number of nitrogens with one attached hydrogen (secondary N) is 2. The molecule has 2 fully saturated rings. The normalized spacial score (nSPS) is 16.3. The van der Waals surface area contributed by atoms with Crippen LogP contribution in [0.25, 0.3) is 0 Å². The van der Waals surface area contributed by atoms with Gasteiger partial charge in [0.15, 0.2) is 5.82 Å². The summed E-state index contributed by atoms with van der Waals surface area (Å²) in [4.78, 5) is 36.6. The molecule has 0 unspecified atom stereocenters. The molecular weight excluding hydrogens is 605 g/mol. The molecule has 5 rings (SSSR count). The number of nitrogens with zero attached hydrogens (tertiary/aromatic N) is 5. The van der Waals surface area contributed by atoms with Crippen molar-refractivity contribution in [3.8, 4) is 0 Å². The van der Waals surface area contributed by atoms with Crippen LogP contribution in [0.3, 0.4) is 0 Å². The molecule has 1 amide bonds. The van der Waals surface area contributed by atoms with Gasteiger partial charge in [-0.1, -0.05) is 23.7 Å². The van der Waals surface area contributed by atoms with Crippen molar-refractivity contribution in [3.05, 3.63) is 63.8 Å². The Hall–Kier alpha value is -3.89. The number of benzene rings is 2. The first kappa shape index (κ1) is 31.5. The zero-order chi connectivity index (χ0) is 31.9. The highest BCUT2D eigenvalue weighted by Crippen LogP contribution is 2.44. The van der Waals surface area contributed by atoms with E-state index >= 15 is 0 Å². The number of amides is 1. The summed E-state index contributed by atoms with van der Waals surface area (Å²) in [5.41, 5.74) is 1.06. The van der Waals surface area contributed by atoms with Crippen LogP contribution in [0.15, 0.2) is 48.7 Å². The van der Waals surface area contributed by atoms with Crippen molar-refractivity contribution in [3.63, 3.8) is 0 Å². The van der Waals surface area contributed by atoms with Gasteiger partial charge in [-0.3, -0.25) is 10.1 Å². The van der Waals surface area contributed by atoms with Gasteiger partial charge in [0.05, 0.1) is 16.8 Å². The number of nitro groups is 1. The summed E-state index contributed by atoms with van der Waals surface area (Å²) in [6, 6.07) is 12.2. The third kappa shape index (κ3) is 7.08. The number of piperidine rings is 1. The van der Waals surface area contributed by atoms with Crippen LogP contribution < -0.4 is 20.8 Å². The molecule has 0 bridgehead atoms. The Balaban J connectivity index is 1.27. The number of halogens is 1. The molecule has 1 aromatic heterocycles. The van der Waals surface area contributed by atoms with Crippen LogP contribution in [0.2, 0.25) is 5.02 Å². The van der Waals surface area contributed by atoms with E-state index in [0.717, 1.165) is 12.8 Å². The van der Waals surface area contributed by atoms with Gasteiger partial charge in [0.2, 0.25) is 5.95 Å². The van der Waals surface area contributed by atoms with E-state index in [-0.39, 0.29) is 33.1 Å². The maximum Gasteiger partial charge on any atom is 0.410 e. The molecule has 2 aromatic carbocycles. The van der Waals surface area contributed by atoms with Crippen LogP contribution in [0.4, 0.5) is 39.3 Å². The lowest BCUT2D eigenvalue weighted by molar-refractivity contribution is -0.384. The molecule has 2 saturated heterocycles. The zero-order valence-electron chi connectivity index (χ0n) is 25.5. The highest BCUT2D eigenvalue weighted by molar-refractivity contribution is 7.70. The van der Waals surface area contributed by atoms with E-state index in [2.05, 4.69) is 20.6 Å². The summed E-state index contributed by atoms with van der Waals surface area (Å²) < 4.78 is 18.3. The number of hydrogen-bond acceptors (Lipinski definition) is 10. The maximum absolute atomic E-state index is 12.8. The first-order valence-corrected chi connectivity index (χ1v) is 17.3. The van der Waals surface area contributed by atoms with Crippen LogP contribution in [0, 0.1) is 15.5 Å². The molecular formula is C30H37ClN7O5P. The van der Waals surface area contributed by atoms with Gasteiger partial charge >= 0.3 is 6.09 Å². The Morgan fingerprint density at radius 2 is 1.80 bits per heavy atom. The van der Waals surface area contributed by atoms with Crippen molar-refractivity contribution >= 4 is 64.7 Å². The Labute approximate surface area is 261 Å². The summed E-state index contributed by atoms with van der Waals surface area (Å²) in [7, 11) is -2.58. The number of rotatable bonds is 7. The number of likely N-dealkylation sites (tertiary alicyclic amines) is 1. The summed E-state index contributed by atoms with van der Waals surface area (Å²) >= 11 is 6.37. The van der Waals surface area contributed by atoms with Crippen molar-refractivity contribution in [1.29, 1.82) is 0 Å². The minimum absolute atomic E-state index is 0.0209. The predicted molar refractivity (Wildman–Crippen MR) is 174 cm³/mol. The molecule has 0 radical (unpaired) electrons. The molecule has 2 N–H and O–H groups in total. The van der Waals surface area contributed by atoms with Crippen molar-refractivity contribution in [2.75, 3.05) is 55.0 Å². The van der Waals surface area contributed by atoms with Crippen molar-refractivity contribution < 1.29 is 19.0 Å². The largest absolute Gasteiger partial charge is 0.444 e. The Bertz CT molecular complexity index is 1620. The van der Waals surface area contributed by atoms with E-state index < -0.39 is 12.7 Å². The number of carbonyl (C=O) groups excluding carboxylic acids is 1. The van der Waals surface area contributed by atoms with E-state index in [0.29, 0.717) is 54.4 Å². The Morgan fingerprint density at radius 1 is 1.11 bits per heavy atom. The molecule has 12 nitrogen and oxygen atoms in total. The summed E-state index contributed by atoms with van der Waals surface area (Å²) in [5.74, 6) is 0.492. The maximum atomic E-state index is 12.8. The summed E-state index contributed by atoms with van der Waals surface area (Å²) in [5, 5.41) is 19.2. The first-order valence-electron chi connectivity index (χ1n) is 14.4. The standard InChI is InChI=1S/C30H37ClN7O5P/c1-29(2,3)43-28(39)37-18-30(19-37)12-14-36(15-13-30)23-11-10-20(16-24(23)38(40)41)33-27-32-17-21(31)26(35-27)34-22-8-6-7-9-25(22)44(4,5)42/h6-11,16-17H,12-15,18-19H2,1-5H3,(H2,32,33,34,35). The minimum atomic E-state index is -2.58. The molecule has 3 heterocycles. The van der Waals surface area contributed by atoms with E-state index in [1.54, 1.807) is 42.5 Å². The van der Waals surface area contributed by atoms with Gasteiger partial charge in [0, 0.05) is 48.7 Å². The summed E-state index contributed by atoms with van der Waals surface area (Å²) in [6.45, 7) is 11.5. The second-order valence-corrected chi connectivity index (χ2v) is 16.4. The average Bonchev–Trinajstić information content (AvgIpc) is 2.92. The lowest BCUT2D eigenvalue weighted by atomic mass is 9.72. The number of carbonyl (C=O) groups is 1. The molecule has 14 heteroatoms. The Morgan fingerprint density at radius 3 is 2.43 bits per heavy atom. The lowest BCUT2D eigenvalue weighted by Crippen LogP contribution is -2.62. The van der Waals surface area contributed by atoms with Crippen LogP contribution in [0.5, 0.6) is 0 Å². The van der Waals surface area contributed by atoms with Crippen molar-refractivity contribution in [1.82, 2.24) is 14.9 Å². The number of para-hydroxylation sites is 1. The molecule has 1 spiro atoms. The lowest BCUT2D eigenvalue weighted by Gasteiger charge is -2.53. The van der Waals surface area contributed by atoms with Gasteiger partial charge in [-0.25, -0.2) is 9.78 Å². The van der Waals surface area contributed by atoms with E-state index in [9.17, 15) is 19.5 Å². The fourth-order valence-electron chi connectivity index (χ4n) is 5.59.